The van der Waals surface area contributed by atoms with Crippen molar-refractivity contribution in [1.82, 2.24) is 0 Å². The molecule has 3 nitrogen and oxygen atoms in total. The number of nitrogens with one attached hydrogen (secondary N) is 1. The Morgan fingerprint density at radius 2 is 1.65 bits per heavy atom. The van der Waals surface area contributed by atoms with Gasteiger partial charge in [0, 0.05) is 11.7 Å². The van der Waals surface area contributed by atoms with E-state index in [-0.39, 0.29) is 5.75 Å². The van der Waals surface area contributed by atoms with E-state index in [9.17, 15) is 8.42 Å². The van der Waals surface area contributed by atoms with Crippen LogP contribution in [-0.4, -0.2) is 20.2 Å². The predicted octanol–water partition coefficient (Wildman–Crippen LogP) is 3.86. The Hall–Kier alpha value is -1.03. The summed E-state index contributed by atoms with van der Waals surface area (Å²) in [6.07, 6.45) is 6.32. The summed E-state index contributed by atoms with van der Waals surface area (Å²) in [4.78, 5) is 0.417. The Balaban J connectivity index is 1.95. The first-order valence-corrected chi connectivity index (χ1v) is 9.29. The molecule has 0 heterocycles. The van der Waals surface area contributed by atoms with Crippen LogP contribution >= 0.6 is 0 Å². The van der Waals surface area contributed by atoms with Crippen molar-refractivity contribution in [2.75, 3.05) is 11.1 Å². The SMILES string of the molecule is CCC1CCC(Nc2ccc(S(=O)(=O)CC)cc2)CC1. The molecule has 112 valence electrons. The van der Waals surface area contributed by atoms with Crippen LogP contribution in [0.3, 0.4) is 0 Å². The van der Waals surface area contributed by atoms with Gasteiger partial charge >= 0.3 is 0 Å². The molecule has 2 rings (SSSR count). The predicted molar refractivity (Wildman–Crippen MR) is 83.8 cm³/mol. The molecule has 4 heteroatoms. The highest BCUT2D eigenvalue weighted by Crippen LogP contribution is 2.28. The van der Waals surface area contributed by atoms with Crippen LogP contribution in [0.1, 0.15) is 46.0 Å². The van der Waals surface area contributed by atoms with Crippen LogP contribution in [0.4, 0.5) is 5.69 Å². The lowest BCUT2D eigenvalue weighted by Crippen LogP contribution is -2.25. The summed E-state index contributed by atoms with van der Waals surface area (Å²) in [6.45, 7) is 3.94. The normalized spacial score (nSPS) is 23.5. The molecule has 0 spiro atoms. The second-order valence-electron chi connectivity index (χ2n) is 5.70. The molecule has 0 radical (unpaired) electrons. The third-order valence-electron chi connectivity index (χ3n) is 4.39. The molecule has 1 N–H and O–H groups in total. The van der Waals surface area contributed by atoms with E-state index >= 15 is 0 Å². The summed E-state index contributed by atoms with van der Waals surface area (Å²) in [5.74, 6) is 1.05. The first-order valence-electron chi connectivity index (χ1n) is 7.64. The topological polar surface area (TPSA) is 46.2 Å². The molecule has 1 saturated carbocycles. The van der Waals surface area contributed by atoms with E-state index in [4.69, 9.17) is 0 Å². The van der Waals surface area contributed by atoms with Crippen LogP contribution in [0.5, 0.6) is 0 Å². The molecule has 1 aliphatic carbocycles. The average Bonchev–Trinajstić information content (AvgIpc) is 2.48. The van der Waals surface area contributed by atoms with E-state index in [0.29, 0.717) is 10.9 Å². The van der Waals surface area contributed by atoms with Crippen molar-refractivity contribution in [3.8, 4) is 0 Å². The van der Waals surface area contributed by atoms with Gasteiger partial charge in [-0.05, 0) is 55.9 Å². The fourth-order valence-electron chi connectivity index (χ4n) is 2.88. The molecule has 1 aliphatic rings. The second kappa shape index (κ2) is 6.61. The van der Waals surface area contributed by atoms with E-state index in [2.05, 4.69) is 12.2 Å². The average molecular weight is 295 g/mol. The van der Waals surface area contributed by atoms with Gasteiger partial charge in [-0.1, -0.05) is 20.3 Å². The number of rotatable bonds is 5. The minimum atomic E-state index is -3.09. The summed E-state index contributed by atoms with van der Waals surface area (Å²) in [7, 11) is -3.09. The van der Waals surface area contributed by atoms with Crippen molar-refractivity contribution in [2.45, 2.75) is 56.9 Å². The number of anilines is 1. The zero-order valence-corrected chi connectivity index (χ0v) is 13.2. The Bertz CT molecular complexity index is 514. The minimum Gasteiger partial charge on any atom is -0.382 e. The molecule has 0 saturated heterocycles. The zero-order valence-electron chi connectivity index (χ0n) is 12.4. The summed E-state index contributed by atoms with van der Waals surface area (Å²) >= 11 is 0. The highest BCUT2D eigenvalue weighted by atomic mass is 32.2. The van der Waals surface area contributed by atoms with E-state index in [1.165, 1.54) is 32.1 Å². The molecule has 0 unspecified atom stereocenters. The summed E-state index contributed by atoms with van der Waals surface area (Å²) in [6, 6.07) is 7.71. The molecule has 0 bridgehead atoms. The number of benzene rings is 1. The van der Waals surface area contributed by atoms with Gasteiger partial charge in [-0.2, -0.15) is 0 Å². The van der Waals surface area contributed by atoms with Crippen LogP contribution < -0.4 is 5.32 Å². The van der Waals surface area contributed by atoms with Gasteiger partial charge in [0.25, 0.3) is 0 Å². The van der Waals surface area contributed by atoms with E-state index in [1.54, 1.807) is 19.1 Å². The van der Waals surface area contributed by atoms with Gasteiger partial charge in [0.1, 0.15) is 0 Å². The maximum Gasteiger partial charge on any atom is 0.178 e. The van der Waals surface area contributed by atoms with E-state index in [1.807, 2.05) is 12.1 Å². The van der Waals surface area contributed by atoms with Gasteiger partial charge in [0.2, 0.25) is 0 Å². The molecule has 20 heavy (non-hydrogen) atoms. The minimum absolute atomic E-state index is 0.154. The Labute approximate surface area is 122 Å². The molecular weight excluding hydrogens is 270 g/mol. The molecule has 0 aliphatic heterocycles. The van der Waals surface area contributed by atoms with Crippen LogP contribution in [0.25, 0.3) is 0 Å². The maximum absolute atomic E-state index is 11.8. The summed E-state index contributed by atoms with van der Waals surface area (Å²) in [5, 5.41) is 3.53. The fraction of sp³-hybridized carbons (Fsp3) is 0.625. The maximum atomic E-state index is 11.8. The van der Waals surface area contributed by atoms with Crippen molar-refractivity contribution >= 4 is 15.5 Å². The van der Waals surface area contributed by atoms with Crippen LogP contribution in [0.15, 0.2) is 29.2 Å². The quantitative estimate of drug-likeness (QED) is 0.897. The highest BCUT2D eigenvalue weighted by molar-refractivity contribution is 7.91. The second-order valence-corrected chi connectivity index (χ2v) is 7.98. The first-order chi connectivity index (χ1) is 9.55. The fourth-order valence-corrected chi connectivity index (χ4v) is 3.76. The van der Waals surface area contributed by atoms with Crippen molar-refractivity contribution in [3.63, 3.8) is 0 Å². The number of sulfone groups is 1. The highest BCUT2D eigenvalue weighted by Gasteiger charge is 2.19. The largest absolute Gasteiger partial charge is 0.382 e. The van der Waals surface area contributed by atoms with Crippen molar-refractivity contribution < 1.29 is 8.42 Å². The molecule has 1 fully saturated rings. The van der Waals surface area contributed by atoms with Gasteiger partial charge in [-0.3, -0.25) is 0 Å². The summed E-state index contributed by atoms with van der Waals surface area (Å²) < 4.78 is 23.5. The number of hydrogen-bond donors (Lipinski definition) is 1. The lowest BCUT2D eigenvalue weighted by atomic mass is 9.84. The third kappa shape index (κ3) is 3.75. The van der Waals surface area contributed by atoms with Crippen LogP contribution in [-0.2, 0) is 9.84 Å². The molecule has 0 amide bonds. The Morgan fingerprint density at radius 1 is 1.05 bits per heavy atom. The van der Waals surface area contributed by atoms with E-state index in [0.717, 1.165) is 11.6 Å². The standard InChI is InChI=1S/C16H25NO2S/c1-3-13-5-7-14(8-6-13)17-15-9-11-16(12-10-15)20(18,19)4-2/h9-14,17H,3-8H2,1-2H3. The van der Waals surface area contributed by atoms with Crippen molar-refractivity contribution in [2.24, 2.45) is 5.92 Å². The van der Waals surface area contributed by atoms with Gasteiger partial charge in [0.05, 0.1) is 10.6 Å². The monoisotopic (exact) mass is 295 g/mol. The van der Waals surface area contributed by atoms with Gasteiger partial charge in [-0.25, -0.2) is 8.42 Å². The molecule has 0 aromatic heterocycles. The van der Waals surface area contributed by atoms with Gasteiger partial charge in [-0.15, -0.1) is 0 Å². The van der Waals surface area contributed by atoms with E-state index < -0.39 is 9.84 Å². The zero-order chi connectivity index (χ0) is 14.6. The number of hydrogen-bond acceptors (Lipinski definition) is 3. The third-order valence-corrected chi connectivity index (χ3v) is 6.14. The van der Waals surface area contributed by atoms with Gasteiger partial charge < -0.3 is 5.32 Å². The van der Waals surface area contributed by atoms with Crippen molar-refractivity contribution in [1.29, 1.82) is 0 Å². The Morgan fingerprint density at radius 3 is 2.15 bits per heavy atom. The first kappa shape index (κ1) is 15.4. The molecular formula is C16H25NO2S. The molecule has 1 aromatic rings. The molecule has 0 atom stereocenters. The Kier molecular flexibility index (Phi) is 5.08. The van der Waals surface area contributed by atoms with Crippen molar-refractivity contribution in [3.05, 3.63) is 24.3 Å². The lowest BCUT2D eigenvalue weighted by molar-refractivity contribution is 0.330. The molecule has 1 aromatic carbocycles. The van der Waals surface area contributed by atoms with Crippen LogP contribution in [0.2, 0.25) is 0 Å². The smallest absolute Gasteiger partial charge is 0.178 e. The lowest BCUT2D eigenvalue weighted by Gasteiger charge is -2.29. The van der Waals surface area contributed by atoms with Crippen LogP contribution in [0, 0.1) is 5.92 Å². The summed E-state index contributed by atoms with van der Waals surface area (Å²) in [5.41, 5.74) is 1.03. The van der Waals surface area contributed by atoms with Gasteiger partial charge in [0.15, 0.2) is 9.84 Å².